The molecule has 0 fully saturated rings. The van der Waals surface area contributed by atoms with Crippen LogP contribution in [0.15, 0.2) is 34.7 Å². The number of benzene rings is 1. The molecule has 2 aromatic rings. The van der Waals surface area contributed by atoms with Crippen molar-refractivity contribution in [2.24, 2.45) is 0 Å². The SMILES string of the molecule is CC(=O)N(c1ccccc1)C(C)c1c(C)oc(C)c1C. The van der Waals surface area contributed by atoms with Crippen LogP contribution < -0.4 is 4.90 Å². The summed E-state index contributed by atoms with van der Waals surface area (Å²) in [5.74, 6) is 1.83. The first-order valence-corrected chi connectivity index (χ1v) is 6.84. The Kier molecular flexibility index (Phi) is 3.98. The van der Waals surface area contributed by atoms with Crippen LogP contribution in [0.1, 0.15) is 42.5 Å². The predicted octanol–water partition coefficient (Wildman–Crippen LogP) is 4.32. The normalized spacial score (nSPS) is 12.2. The van der Waals surface area contributed by atoms with Crippen molar-refractivity contribution in [3.8, 4) is 0 Å². The topological polar surface area (TPSA) is 33.5 Å². The Morgan fingerprint density at radius 2 is 1.70 bits per heavy atom. The summed E-state index contributed by atoms with van der Waals surface area (Å²) in [5, 5.41) is 0. The van der Waals surface area contributed by atoms with Crippen molar-refractivity contribution < 1.29 is 9.21 Å². The molecule has 0 aliphatic rings. The first-order valence-electron chi connectivity index (χ1n) is 6.84. The molecule has 2 rings (SSSR count). The fourth-order valence-corrected chi connectivity index (χ4v) is 2.82. The van der Waals surface area contributed by atoms with Crippen molar-refractivity contribution in [2.45, 2.75) is 40.7 Å². The van der Waals surface area contributed by atoms with Gasteiger partial charge in [-0.3, -0.25) is 4.79 Å². The van der Waals surface area contributed by atoms with Crippen LogP contribution in [0.2, 0.25) is 0 Å². The summed E-state index contributed by atoms with van der Waals surface area (Å²) in [4.78, 5) is 13.9. The van der Waals surface area contributed by atoms with Gasteiger partial charge in [-0.1, -0.05) is 18.2 Å². The van der Waals surface area contributed by atoms with Crippen LogP contribution in [0.5, 0.6) is 0 Å². The quantitative estimate of drug-likeness (QED) is 0.833. The largest absolute Gasteiger partial charge is 0.466 e. The number of amides is 1. The van der Waals surface area contributed by atoms with Crippen LogP contribution in [0.25, 0.3) is 0 Å². The summed E-state index contributed by atoms with van der Waals surface area (Å²) in [6, 6.07) is 9.69. The van der Waals surface area contributed by atoms with E-state index in [1.165, 1.54) is 0 Å². The smallest absolute Gasteiger partial charge is 0.224 e. The van der Waals surface area contributed by atoms with Crippen LogP contribution in [0, 0.1) is 20.8 Å². The molecular formula is C17H21NO2. The third kappa shape index (κ3) is 2.48. The number of hydrogen-bond donors (Lipinski definition) is 0. The molecule has 0 aliphatic heterocycles. The van der Waals surface area contributed by atoms with Gasteiger partial charge in [0.15, 0.2) is 0 Å². The molecule has 0 saturated heterocycles. The van der Waals surface area contributed by atoms with Gasteiger partial charge in [-0.25, -0.2) is 0 Å². The third-order valence-corrected chi connectivity index (χ3v) is 3.80. The van der Waals surface area contributed by atoms with Crippen LogP contribution in [0.4, 0.5) is 5.69 Å². The van der Waals surface area contributed by atoms with Crippen LogP contribution in [0.3, 0.4) is 0 Å². The van der Waals surface area contributed by atoms with Gasteiger partial charge in [-0.05, 0) is 45.4 Å². The number of anilines is 1. The molecule has 106 valence electrons. The van der Waals surface area contributed by atoms with Gasteiger partial charge in [0.1, 0.15) is 11.5 Å². The molecule has 0 saturated carbocycles. The van der Waals surface area contributed by atoms with Gasteiger partial charge in [0, 0.05) is 18.2 Å². The lowest BCUT2D eigenvalue weighted by Crippen LogP contribution is -2.31. The Morgan fingerprint density at radius 1 is 1.10 bits per heavy atom. The first-order chi connectivity index (χ1) is 9.43. The molecule has 1 atom stereocenters. The second kappa shape index (κ2) is 5.53. The average Bonchev–Trinajstić information content (AvgIpc) is 2.64. The van der Waals surface area contributed by atoms with Gasteiger partial charge >= 0.3 is 0 Å². The lowest BCUT2D eigenvalue weighted by atomic mass is 10.0. The molecule has 0 N–H and O–H groups in total. The summed E-state index contributed by atoms with van der Waals surface area (Å²) in [6.07, 6.45) is 0. The fraction of sp³-hybridized carbons (Fsp3) is 0.353. The summed E-state index contributed by atoms with van der Waals surface area (Å²) >= 11 is 0. The number of para-hydroxylation sites is 1. The number of carbonyl (C=O) groups excluding carboxylic acids is 1. The Bertz CT molecular complexity index is 613. The van der Waals surface area contributed by atoms with E-state index in [9.17, 15) is 4.79 Å². The molecular weight excluding hydrogens is 250 g/mol. The molecule has 1 unspecified atom stereocenters. The molecule has 20 heavy (non-hydrogen) atoms. The fourth-order valence-electron chi connectivity index (χ4n) is 2.82. The lowest BCUT2D eigenvalue weighted by molar-refractivity contribution is -0.117. The van der Waals surface area contributed by atoms with Crippen LogP contribution >= 0.6 is 0 Å². The van der Waals surface area contributed by atoms with E-state index in [0.29, 0.717) is 0 Å². The van der Waals surface area contributed by atoms with E-state index in [0.717, 1.165) is 28.3 Å². The number of furan rings is 1. The van der Waals surface area contributed by atoms with Gasteiger partial charge in [0.25, 0.3) is 0 Å². The molecule has 1 aromatic carbocycles. The number of carbonyl (C=O) groups is 1. The van der Waals surface area contributed by atoms with Crippen molar-refractivity contribution in [2.75, 3.05) is 4.90 Å². The maximum absolute atomic E-state index is 12.1. The summed E-state index contributed by atoms with van der Waals surface area (Å²) in [7, 11) is 0. The maximum Gasteiger partial charge on any atom is 0.224 e. The molecule has 0 bridgehead atoms. The minimum absolute atomic E-state index is 0.0290. The maximum atomic E-state index is 12.1. The molecule has 0 aliphatic carbocycles. The Balaban J connectivity index is 2.48. The van der Waals surface area contributed by atoms with Gasteiger partial charge in [0.05, 0.1) is 6.04 Å². The van der Waals surface area contributed by atoms with Gasteiger partial charge < -0.3 is 9.32 Å². The summed E-state index contributed by atoms with van der Waals surface area (Å²) in [6.45, 7) is 9.59. The first kappa shape index (κ1) is 14.4. The van der Waals surface area contributed by atoms with Crippen molar-refractivity contribution in [3.63, 3.8) is 0 Å². The van der Waals surface area contributed by atoms with Crippen molar-refractivity contribution in [3.05, 3.63) is 53.0 Å². The highest BCUT2D eigenvalue weighted by molar-refractivity contribution is 5.92. The van der Waals surface area contributed by atoms with E-state index in [-0.39, 0.29) is 11.9 Å². The number of aryl methyl sites for hydroxylation is 2. The zero-order chi connectivity index (χ0) is 14.9. The highest BCUT2D eigenvalue weighted by Gasteiger charge is 2.25. The van der Waals surface area contributed by atoms with E-state index < -0.39 is 0 Å². The molecule has 0 spiro atoms. The van der Waals surface area contributed by atoms with E-state index in [2.05, 4.69) is 0 Å². The van der Waals surface area contributed by atoms with Crippen molar-refractivity contribution >= 4 is 11.6 Å². The second-order valence-corrected chi connectivity index (χ2v) is 5.15. The Morgan fingerprint density at radius 3 is 2.15 bits per heavy atom. The van der Waals surface area contributed by atoms with E-state index in [1.807, 2.05) is 62.9 Å². The second-order valence-electron chi connectivity index (χ2n) is 5.15. The average molecular weight is 271 g/mol. The Labute approximate surface area is 120 Å². The van der Waals surface area contributed by atoms with Gasteiger partial charge in [-0.2, -0.15) is 0 Å². The van der Waals surface area contributed by atoms with Crippen LogP contribution in [-0.2, 0) is 4.79 Å². The minimum Gasteiger partial charge on any atom is -0.466 e. The minimum atomic E-state index is -0.0488. The monoisotopic (exact) mass is 271 g/mol. The zero-order valence-electron chi connectivity index (χ0n) is 12.7. The van der Waals surface area contributed by atoms with E-state index in [1.54, 1.807) is 6.92 Å². The van der Waals surface area contributed by atoms with Crippen molar-refractivity contribution in [1.29, 1.82) is 0 Å². The standard InChI is InChI=1S/C17H21NO2/c1-11-13(3)20-14(4)17(11)12(2)18(15(5)19)16-9-7-6-8-10-16/h6-10,12H,1-5H3. The van der Waals surface area contributed by atoms with Crippen LogP contribution in [-0.4, -0.2) is 5.91 Å². The summed E-state index contributed by atoms with van der Waals surface area (Å²) < 4.78 is 5.69. The zero-order valence-corrected chi connectivity index (χ0v) is 12.7. The number of hydrogen-bond acceptors (Lipinski definition) is 2. The Hall–Kier alpha value is -2.03. The van der Waals surface area contributed by atoms with E-state index in [4.69, 9.17) is 4.42 Å². The lowest BCUT2D eigenvalue weighted by Gasteiger charge is -2.28. The molecule has 1 heterocycles. The van der Waals surface area contributed by atoms with Gasteiger partial charge in [-0.15, -0.1) is 0 Å². The molecule has 3 heteroatoms. The summed E-state index contributed by atoms with van der Waals surface area (Å²) in [5.41, 5.74) is 3.13. The molecule has 0 radical (unpaired) electrons. The van der Waals surface area contributed by atoms with Gasteiger partial charge in [0.2, 0.25) is 5.91 Å². The number of nitrogens with zero attached hydrogens (tertiary/aromatic N) is 1. The number of rotatable bonds is 3. The van der Waals surface area contributed by atoms with E-state index >= 15 is 0 Å². The molecule has 1 aromatic heterocycles. The van der Waals surface area contributed by atoms with Crippen molar-refractivity contribution in [1.82, 2.24) is 0 Å². The molecule has 1 amide bonds. The third-order valence-electron chi connectivity index (χ3n) is 3.80. The highest BCUT2D eigenvalue weighted by atomic mass is 16.3. The molecule has 3 nitrogen and oxygen atoms in total. The predicted molar refractivity (Wildman–Crippen MR) is 80.9 cm³/mol. The highest BCUT2D eigenvalue weighted by Crippen LogP contribution is 2.33.